The van der Waals surface area contributed by atoms with Crippen LogP contribution in [0.1, 0.15) is 49.1 Å². The summed E-state index contributed by atoms with van der Waals surface area (Å²) in [4.78, 5) is 26.2. The van der Waals surface area contributed by atoms with Gasteiger partial charge in [0.1, 0.15) is 23.1 Å². The van der Waals surface area contributed by atoms with Gasteiger partial charge in [-0.1, -0.05) is 55.0 Å². The first kappa shape index (κ1) is 22.6. The lowest BCUT2D eigenvalue weighted by Gasteiger charge is -2.36. The molecule has 2 aromatic carbocycles. The van der Waals surface area contributed by atoms with E-state index in [0.29, 0.717) is 29.2 Å². The normalized spacial score (nSPS) is 29.0. The molecule has 0 bridgehead atoms. The van der Waals surface area contributed by atoms with E-state index < -0.39 is 46.9 Å². The second kappa shape index (κ2) is 8.22. The van der Waals surface area contributed by atoms with E-state index in [2.05, 4.69) is 10.6 Å². The maximum atomic E-state index is 14.7. The van der Waals surface area contributed by atoms with Crippen LogP contribution in [-0.2, 0) is 15.0 Å². The molecule has 5 rings (SSSR count). The van der Waals surface area contributed by atoms with Gasteiger partial charge in [-0.05, 0) is 47.7 Å². The minimum atomic E-state index is -1.42. The van der Waals surface area contributed by atoms with E-state index in [-0.39, 0.29) is 10.0 Å². The van der Waals surface area contributed by atoms with Crippen molar-refractivity contribution in [2.24, 2.45) is 5.92 Å². The molecule has 3 aliphatic rings. The second-order valence-electron chi connectivity index (χ2n) is 9.21. The molecule has 174 valence electrons. The fourth-order valence-corrected chi connectivity index (χ4v) is 6.48. The summed E-state index contributed by atoms with van der Waals surface area (Å²) in [7, 11) is 0. The monoisotopic (exact) mass is 494 g/mol. The standard InChI is InChI=1S/C24H22Cl2F2N2O3/c25-14-8-12(5-6-16(14)27)20-21(22(31)32)30-19(7-11-3-1-2-4-11)24(20)13-9-17(28)15(26)10-18(13)29-23(24)33/h5-6,8-11,19-21,30H,1-4,7H2,(H,29,33)(H,31,32). The Bertz CT molecular complexity index is 1150. The maximum Gasteiger partial charge on any atom is 0.321 e. The van der Waals surface area contributed by atoms with Crippen LogP contribution in [0.4, 0.5) is 14.5 Å². The van der Waals surface area contributed by atoms with Crippen molar-refractivity contribution < 1.29 is 23.5 Å². The fraction of sp³-hybridized carbons (Fsp3) is 0.417. The van der Waals surface area contributed by atoms with E-state index in [1.54, 1.807) is 0 Å². The van der Waals surface area contributed by atoms with Crippen molar-refractivity contribution in [2.45, 2.75) is 55.5 Å². The number of halogens is 4. The zero-order valence-corrected chi connectivity index (χ0v) is 19.0. The molecule has 4 unspecified atom stereocenters. The highest BCUT2D eigenvalue weighted by molar-refractivity contribution is 6.31. The molecule has 1 saturated carbocycles. The predicted molar refractivity (Wildman–Crippen MR) is 121 cm³/mol. The minimum absolute atomic E-state index is 0.138. The molecule has 2 aliphatic heterocycles. The molecular formula is C24H22Cl2F2N2O3. The molecule has 5 nitrogen and oxygen atoms in total. The third kappa shape index (κ3) is 3.44. The Hall–Kier alpha value is -2.22. The lowest BCUT2D eigenvalue weighted by atomic mass is 9.63. The number of fused-ring (bicyclic) bond motifs is 2. The smallest absolute Gasteiger partial charge is 0.321 e. The van der Waals surface area contributed by atoms with Crippen LogP contribution in [-0.4, -0.2) is 29.1 Å². The van der Waals surface area contributed by atoms with Crippen molar-refractivity contribution in [2.75, 3.05) is 5.32 Å². The number of hydrogen-bond donors (Lipinski definition) is 3. The van der Waals surface area contributed by atoms with Gasteiger partial charge in [0, 0.05) is 17.6 Å². The van der Waals surface area contributed by atoms with Crippen LogP contribution < -0.4 is 10.6 Å². The molecule has 2 heterocycles. The number of benzene rings is 2. The van der Waals surface area contributed by atoms with Crippen LogP contribution in [0.2, 0.25) is 10.0 Å². The lowest BCUT2D eigenvalue weighted by Crippen LogP contribution is -2.49. The van der Waals surface area contributed by atoms with E-state index in [9.17, 15) is 23.5 Å². The average Bonchev–Trinajstić information content (AvgIpc) is 3.45. The molecule has 2 fully saturated rings. The molecule has 1 saturated heterocycles. The molecule has 33 heavy (non-hydrogen) atoms. The Morgan fingerprint density at radius 1 is 1.09 bits per heavy atom. The molecule has 3 N–H and O–H groups in total. The SMILES string of the molecule is O=C(O)C1NC(CC2CCCC2)C2(C(=O)Nc3cc(Cl)c(F)cc32)C1c1ccc(F)c(Cl)c1. The fourth-order valence-electron chi connectivity index (χ4n) is 6.13. The van der Waals surface area contributed by atoms with Crippen molar-refractivity contribution >= 4 is 40.8 Å². The van der Waals surface area contributed by atoms with Crippen molar-refractivity contribution in [1.82, 2.24) is 5.32 Å². The lowest BCUT2D eigenvalue weighted by molar-refractivity contribution is -0.139. The summed E-state index contributed by atoms with van der Waals surface area (Å²) >= 11 is 12.0. The van der Waals surface area contributed by atoms with E-state index in [1.807, 2.05) is 0 Å². The maximum absolute atomic E-state index is 14.7. The van der Waals surface area contributed by atoms with Gasteiger partial charge in [-0.3, -0.25) is 14.9 Å². The zero-order chi connectivity index (χ0) is 23.5. The summed E-state index contributed by atoms with van der Waals surface area (Å²) in [5, 5.41) is 15.8. The summed E-state index contributed by atoms with van der Waals surface area (Å²) in [6.07, 6.45) is 4.70. The van der Waals surface area contributed by atoms with Gasteiger partial charge in [0.15, 0.2) is 0 Å². The van der Waals surface area contributed by atoms with E-state index in [0.717, 1.165) is 31.7 Å². The largest absolute Gasteiger partial charge is 0.480 e. The van der Waals surface area contributed by atoms with Crippen LogP contribution in [0.15, 0.2) is 30.3 Å². The molecular weight excluding hydrogens is 473 g/mol. The summed E-state index contributed by atoms with van der Waals surface area (Å²) < 4.78 is 28.7. The van der Waals surface area contributed by atoms with Gasteiger partial charge in [0.05, 0.1) is 10.0 Å². The Kier molecular flexibility index (Phi) is 5.62. The number of carbonyl (C=O) groups excluding carboxylic acids is 1. The third-order valence-corrected chi connectivity index (χ3v) is 8.08. The van der Waals surface area contributed by atoms with Gasteiger partial charge in [-0.2, -0.15) is 0 Å². The number of rotatable bonds is 4. The van der Waals surface area contributed by atoms with Crippen LogP contribution in [0.3, 0.4) is 0 Å². The van der Waals surface area contributed by atoms with Crippen LogP contribution >= 0.6 is 23.2 Å². The number of hydrogen-bond acceptors (Lipinski definition) is 3. The molecule has 1 aliphatic carbocycles. The van der Waals surface area contributed by atoms with E-state index >= 15 is 0 Å². The van der Waals surface area contributed by atoms with Gasteiger partial charge >= 0.3 is 5.97 Å². The van der Waals surface area contributed by atoms with Gasteiger partial charge < -0.3 is 10.4 Å². The minimum Gasteiger partial charge on any atom is -0.480 e. The molecule has 9 heteroatoms. The highest BCUT2D eigenvalue weighted by Crippen LogP contribution is 2.57. The predicted octanol–water partition coefficient (Wildman–Crippen LogP) is 5.25. The molecule has 1 spiro atoms. The first-order valence-electron chi connectivity index (χ1n) is 11.0. The van der Waals surface area contributed by atoms with Crippen LogP contribution in [0.5, 0.6) is 0 Å². The number of carboxylic acid groups (broad SMARTS) is 1. The summed E-state index contributed by atoms with van der Waals surface area (Å²) in [6.45, 7) is 0. The summed E-state index contributed by atoms with van der Waals surface area (Å²) in [5.41, 5.74) is -0.311. The Labute approximate surface area is 199 Å². The van der Waals surface area contributed by atoms with Gasteiger partial charge in [0.2, 0.25) is 5.91 Å². The number of aliphatic carboxylic acids is 1. The number of nitrogens with one attached hydrogen (secondary N) is 2. The van der Waals surface area contributed by atoms with Crippen molar-refractivity contribution in [1.29, 1.82) is 0 Å². The molecule has 1 amide bonds. The van der Waals surface area contributed by atoms with Crippen molar-refractivity contribution in [3.8, 4) is 0 Å². The topological polar surface area (TPSA) is 78.4 Å². The second-order valence-corrected chi connectivity index (χ2v) is 10.0. The van der Waals surface area contributed by atoms with Crippen LogP contribution in [0.25, 0.3) is 0 Å². The van der Waals surface area contributed by atoms with Gasteiger partial charge in [-0.15, -0.1) is 0 Å². The number of anilines is 1. The van der Waals surface area contributed by atoms with Crippen molar-refractivity contribution in [3.05, 3.63) is 63.1 Å². The molecule has 0 aromatic heterocycles. The quantitative estimate of drug-likeness (QED) is 0.542. The Balaban J connectivity index is 1.75. The average molecular weight is 495 g/mol. The van der Waals surface area contributed by atoms with E-state index in [1.165, 1.54) is 24.3 Å². The molecule has 0 radical (unpaired) electrons. The Morgan fingerprint density at radius 3 is 2.45 bits per heavy atom. The highest BCUT2D eigenvalue weighted by atomic mass is 35.5. The third-order valence-electron chi connectivity index (χ3n) is 7.50. The number of amides is 1. The molecule has 4 atom stereocenters. The first-order chi connectivity index (χ1) is 15.7. The van der Waals surface area contributed by atoms with E-state index in [4.69, 9.17) is 23.2 Å². The van der Waals surface area contributed by atoms with Gasteiger partial charge in [-0.25, -0.2) is 8.78 Å². The Morgan fingerprint density at radius 2 is 1.79 bits per heavy atom. The highest BCUT2D eigenvalue weighted by Gasteiger charge is 2.65. The first-order valence-corrected chi connectivity index (χ1v) is 11.7. The molecule has 2 aromatic rings. The van der Waals surface area contributed by atoms with Crippen molar-refractivity contribution in [3.63, 3.8) is 0 Å². The number of carboxylic acids is 1. The van der Waals surface area contributed by atoms with Gasteiger partial charge in [0.25, 0.3) is 0 Å². The number of carbonyl (C=O) groups is 2. The summed E-state index contributed by atoms with van der Waals surface area (Å²) in [5.74, 6) is -3.54. The zero-order valence-electron chi connectivity index (χ0n) is 17.5. The summed E-state index contributed by atoms with van der Waals surface area (Å²) in [6, 6.07) is 4.81. The van der Waals surface area contributed by atoms with Crippen LogP contribution in [0, 0.1) is 17.6 Å².